The number of halogens is 1. The Morgan fingerprint density at radius 1 is 1.43 bits per heavy atom. The molecule has 0 bridgehead atoms. The van der Waals surface area contributed by atoms with E-state index in [1.54, 1.807) is 11.8 Å². The lowest BCUT2D eigenvalue weighted by molar-refractivity contribution is -0.122. The van der Waals surface area contributed by atoms with Gasteiger partial charge in [0, 0.05) is 18.1 Å². The van der Waals surface area contributed by atoms with E-state index in [1.807, 2.05) is 6.26 Å². The molecule has 1 N–H and O–H groups in total. The molecule has 0 unspecified atom stereocenters. The summed E-state index contributed by atoms with van der Waals surface area (Å²) < 4.78 is 0. The zero-order valence-electron chi connectivity index (χ0n) is 9.23. The maximum Gasteiger partial charge on any atom is 0.221 e. The summed E-state index contributed by atoms with van der Waals surface area (Å²) in [6.45, 7) is 4.11. The second kappa shape index (κ2) is 7.41. The largest absolute Gasteiger partial charge is 0.349 e. The molecule has 0 radical (unpaired) electrons. The minimum absolute atomic E-state index is 0.115. The molecule has 14 heavy (non-hydrogen) atoms. The summed E-state index contributed by atoms with van der Waals surface area (Å²) in [6.07, 6.45) is 4.36. The van der Waals surface area contributed by atoms with Crippen LogP contribution in [0.3, 0.4) is 0 Å². The van der Waals surface area contributed by atoms with E-state index in [4.69, 9.17) is 11.6 Å². The number of alkyl halides is 1. The van der Waals surface area contributed by atoms with Crippen LogP contribution in [-0.2, 0) is 4.79 Å². The van der Waals surface area contributed by atoms with E-state index in [0.717, 1.165) is 18.6 Å². The fraction of sp³-hybridized carbons (Fsp3) is 0.900. The van der Waals surface area contributed by atoms with Crippen molar-refractivity contribution in [1.82, 2.24) is 5.32 Å². The van der Waals surface area contributed by atoms with Crippen molar-refractivity contribution in [2.45, 2.75) is 38.6 Å². The smallest absolute Gasteiger partial charge is 0.221 e. The molecule has 0 heterocycles. The number of hydrogen-bond donors (Lipinski definition) is 1. The normalized spacial score (nSPS) is 11.4. The summed E-state index contributed by atoms with van der Waals surface area (Å²) in [7, 11) is 0. The van der Waals surface area contributed by atoms with Gasteiger partial charge in [-0.3, -0.25) is 4.79 Å². The van der Waals surface area contributed by atoms with Crippen LogP contribution < -0.4 is 5.32 Å². The maximum absolute atomic E-state index is 11.5. The highest BCUT2D eigenvalue weighted by molar-refractivity contribution is 7.98. The van der Waals surface area contributed by atoms with Gasteiger partial charge in [-0.05, 0) is 19.1 Å². The molecule has 4 heteroatoms. The number of carbonyl (C=O) groups is 1. The van der Waals surface area contributed by atoms with Crippen molar-refractivity contribution in [3.8, 4) is 0 Å². The van der Waals surface area contributed by atoms with Gasteiger partial charge in [0.25, 0.3) is 0 Å². The van der Waals surface area contributed by atoms with Gasteiger partial charge in [0.15, 0.2) is 0 Å². The molecule has 1 amide bonds. The highest BCUT2D eigenvalue weighted by Gasteiger charge is 2.26. The summed E-state index contributed by atoms with van der Waals surface area (Å²) in [6, 6.07) is 0. The van der Waals surface area contributed by atoms with Gasteiger partial charge in [0.1, 0.15) is 0 Å². The van der Waals surface area contributed by atoms with Crippen molar-refractivity contribution in [1.29, 1.82) is 0 Å². The monoisotopic (exact) mass is 237 g/mol. The molecule has 0 atom stereocenters. The predicted octanol–water partition coefficient (Wildman–Crippen LogP) is 2.65. The van der Waals surface area contributed by atoms with Gasteiger partial charge >= 0.3 is 0 Å². The lowest BCUT2D eigenvalue weighted by Crippen LogP contribution is -2.49. The summed E-state index contributed by atoms with van der Waals surface area (Å²) in [5.74, 6) is 1.48. The van der Waals surface area contributed by atoms with E-state index in [2.05, 4.69) is 19.2 Å². The molecule has 0 aromatic carbocycles. The van der Waals surface area contributed by atoms with Crippen molar-refractivity contribution >= 4 is 29.3 Å². The Balaban J connectivity index is 4.08. The number of rotatable bonds is 7. The Kier molecular flexibility index (Phi) is 7.47. The lowest BCUT2D eigenvalue weighted by atomic mass is 9.95. The van der Waals surface area contributed by atoms with Gasteiger partial charge in [-0.15, -0.1) is 11.6 Å². The van der Waals surface area contributed by atoms with E-state index in [1.165, 1.54) is 0 Å². The summed E-state index contributed by atoms with van der Waals surface area (Å²) in [5, 5.41) is 3.03. The number of nitrogens with one attached hydrogen (secondary N) is 1. The van der Waals surface area contributed by atoms with Crippen LogP contribution in [0.2, 0.25) is 0 Å². The van der Waals surface area contributed by atoms with Gasteiger partial charge in [0.2, 0.25) is 5.91 Å². The molecule has 0 fully saturated rings. The SMILES string of the molecule is CCC(CC)(CCl)NC(=O)CCSC. The summed E-state index contributed by atoms with van der Waals surface area (Å²) >= 11 is 7.57. The minimum Gasteiger partial charge on any atom is -0.349 e. The maximum atomic E-state index is 11.5. The lowest BCUT2D eigenvalue weighted by Gasteiger charge is -2.30. The van der Waals surface area contributed by atoms with Crippen LogP contribution in [0.1, 0.15) is 33.1 Å². The highest BCUT2D eigenvalue weighted by atomic mass is 35.5. The molecule has 84 valence electrons. The van der Waals surface area contributed by atoms with Crippen molar-refractivity contribution in [3.63, 3.8) is 0 Å². The van der Waals surface area contributed by atoms with Gasteiger partial charge in [-0.2, -0.15) is 11.8 Å². The topological polar surface area (TPSA) is 29.1 Å². The Morgan fingerprint density at radius 2 is 2.00 bits per heavy atom. The number of carbonyl (C=O) groups excluding carboxylic acids is 1. The molecular formula is C10H20ClNOS. The third-order valence-electron chi connectivity index (χ3n) is 2.55. The fourth-order valence-corrected chi connectivity index (χ4v) is 2.04. The molecule has 2 nitrogen and oxygen atoms in total. The van der Waals surface area contributed by atoms with Crippen LogP contribution in [0.5, 0.6) is 0 Å². The highest BCUT2D eigenvalue weighted by Crippen LogP contribution is 2.17. The fourth-order valence-electron chi connectivity index (χ4n) is 1.20. The zero-order valence-corrected chi connectivity index (χ0v) is 10.8. The van der Waals surface area contributed by atoms with Crippen LogP contribution in [0, 0.1) is 0 Å². The zero-order chi connectivity index (χ0) is 11.0. The third-order valence-corrected chi connectivity index (χ3v) is 3.67. The molecule has 0 saturated heterocycles. The van der Waals surface area contributed by atoms with Crippen molar-refractivity contribution in [3.05, 3.63) is 0 Å². The van der Waals surface area contributed by atoms with Crippen LogP contribution in [0.4, 0.5) is 0 Å². The molecule has 0 aliphatic heterocycles. The van der Waals surface area contributed by atoms with E-state index < -0.39 is 0 Å². The number of amides is 1. The summed E-state index contributed by atoms with van der Waals surface area (Å²) in [4.78, 5) is 11.5. The Bertz CT molecular complexity index is 163. The van der Waals surface area contributed by atoms with E-state index in [-0.39, 0.29) is 11.4 Å². The van der Waals surface area contributed by atoms with Gasteiger partial charge in [-0.25, -0.2) is 0 Å². The molecule has 0 aromatic rings. The standard InChI is InChI=1S/C10H20ClNOS/c1-4-10(5-2,8-11)12-9(13)6-7-14-3/h4-8H2,1-3H3,(H,12,13). The molecule has 0 spiro atoms. The first-order chi connectivity index (χ1) is 6.64. The first-order valence-electron chi connectivity index (χ1n) is 5.00. The minimum atomic E-state index is -0.197. The van der Waals surface area contributed by atoms with Crippen LogP contribution in [0.25, 0.3) is 0 Å². The third kappa shape index (κ3) is 4.56. The second-order valence-electron chi connectivity index (χ2n) is 3.41. The molecule has 0 aliphatic rings. The van der Waals surface area contributed by atoms with Gasteiger partial charge in [-0.1, -0.05) is 13.8 Å². The summed E-state index contributed by atoms with van der Waals surface area (Å²) in [5.41, 5.74) is -0.197. The van der Waals surface area contributed by atoms with E-state index >= 15 is 0 Å². The molecular weight excluding hydrogens is 218 g/mol. The Hall–Kier alpha value is 0.110. The average molecular weight is 238 g/mol. The van der Waals surface area contributed by atoms with Crippen molar-refractivity contribution < 1.29 is 4.79 Å². The average Bonchev–Trinajstić information content (AvgIpc) is 2.23. The Morgan fingerprint density at radius 3 is 2.36 bits per heavy atom. The quantitative estimate of drug-likeness (QED) is 0.690. The first kappa shape index (κ1) is 14.1. The first-order valence-corrected chi connectivity index (χ1v) is 6.93. The number of hydrogen-bond acceptors (Lipinski definition) is 2. The van der Waals surface area contributed by atoms with E-state index in [0.29, 0.717) is 12.3 Å². The van der Waals surface area contributed by atoms with Crippen LogP contribution in [-0.4, -0.2) is 29.3 Å². The molecule has 0 rings (SSSR count). The van der Waals surface area contributed by atoms with Crippen molar-refractivity contribution in [2.75, 3.05) is 17.9 Å². The Labute approximate surface area is 96.2 Å². The van der Waals surface area contributed by atoms with Crippen LogP contribution in [0.15, 0.2) is 0 Å². The van der Waals surface area contributed by atoms with Crippen molar-refractivity contribution in [2.24, 2.45) is 0 Å². The van der Waals surface area contributed by atoms with Gasteiger partial charge < -0.3 is 5.32 Å². The number of thioether (sulfide) groups is 1. The molecule has 0 aromatic heterocycles. The molecule has 0 aliphatic carbocycles. The van der Waals surface area contributed by atoms with Crippen LogP contribution >= 0.6 is 23.4 Å². The predicted molar refractivity (Wildman–Crippen MR) is 65.2 cm³/mol. The van der Waals surface area contributed by atoms with Gasteiger partial charge in [0.05, 0.1) is 5.54 Å². The molecule has 0 saturated carbocycles. The second-order valence-corrected chi connectivity index (χ2v) is 4.66. The van der Waals surface area contributed by atoms with E-state index in [9.17, 15) is 4.79 Å².